The number of benzene rings is 2. The lowest BCUT2D eigenvalue weighted by Gasteiger charge is -2.35. The molecule has 2 aromatic rings. The molecule has 1 unspecified atom stereocenters. The maximum absolute atomic E-state index is 3.79. The number of nitrogens with zero attached hydrogens (tertiary/aromatic N) is 1. The van der Waals surface area contributed by atoms with Crippen molar-refractivity contribution in [3.63, 3.8) is 0 Å². The van der Waals surface area contributed by atoms with Gasteiger partial charge in [-0.15, -0.1) is 0 Å². The van der Waals surface area contributed by atoms with E-state index >= 15 is 0 Å². The summed E-state index contributed by atoms with van der Waals surface area (Å²) in [5.74, 6) is 0. The minimum atomic E-state index is 0.683. The van der Waals surface area contributed by atoms with Crippen molar-refractivity contribution in [3.8, 4) is 0 Å². The van der Waals surface area contributed by atoms with Crippen LogP contribution >= 0.6 is 0 Å². The summed E-state index contributed by atoms with van der Waals surface area (Å²) in [7, 11) is 0. The number of hydrogen-bond acceptors (Lipinski definition) is 2. The van der Waals surface area contributed by atoms with Crippen LogP contribution in [0.25, 0.3) is 10.8 Å². The van der Waals surface area contributed by atoms with E-state index in [9.17, 15) is 0 Å². The van der Waals surface area contributed by atoms with E-state index in [0.717, 1.165) is 12.6 Å². The molecule has 0 radical (unpaired) electrons. The van der Waals surface area contributed by atoms with Gasteiger partial charge in [-0.1, -0.05) is 30.3 Å². The molecular formula is C18H22N2. The number of piperidine rings is 1. The lowest BCUT2D eigenvalue weighted by Crippen LogP contribution is -2.46. The maximum atomic E-state index is 3.79. The van der Waals surface area contributed by atoms with Crippen LogP contribution in [0, 0.1) is 0 Å². The molecule has 1 heterocycles. The third-order valence-corrected chi connectivity index (χ3v) is 4.57. The van der Waals surface area contributed by atoms with Gasteiger partial charge in [-0.05, 0) is 48.6 Å². The molecule has 2 aromatic carbocycles. The third kappa shape index (κ3) is 2.53. The first-order chi connectivity index (χ1) is 9.88. The van der Waals surface area contributed by atoms with Gasteiger partial charge in [0.05, 0.1) is 0 Å². The zero-order valence-electron chi connectivity index (χ0n) is 11.9. The molecule has 2 heteroatoms. The van der Waals surface area contributed by atoms with Gasteiger partial charge in [0.2, 0.25) is 0 Å². The minimum Gasteiger partial charge on any atom is -0.370 e. The van der Waals surface area contributed by atoms with Gasteiger partial charge < -0.3 is 10.2 Å². The van der Waals surface area contributed by atoms with Gasteiger partial charge in [-0.2, -0.15) is 0 Å². The van der Waals surface area contributed by atoms with Crippen LogP contribution < -0.4 is 10.2 Å². The van der Waals surface area contributed by atoms with Crippen LogP contribution in [0.1, 0.15) is 25.7 Å². The molecule has 2 aliphatic rings. The molecule has 0 amide bonds. The highest BCUT2D eigenvalue weighted by Crippen LogP contribution is 2.26. The molecule has 1 aliphatic heterocycles. The van der Waals surface area contributed by atoms with Crippen molar-refractivity contribution in [1.82, 2.24) is 5.32 Å². The second-order valence-corrected chi connectivity index (χ2v) is 6.26. The normalized spacial score (nSPS) is 23.2. The Kier molecular flexibility index (Phi) is 3.12. The molecule has 20 heavy (non-hydrogen) atoms. The van der Waals surface area contributed by atoms with E-state index < -0.39 is 0 Å². The quantitative estimate of drug-likeness (QED) is 0.914. The van der Waals surface area contributed by atoms with Crippen LogP contribution in [-0.2, 0) is 0 Å². The number of fused-ring (bicyclic) bond motifs is 1. The first kappa shape index (κ1) is 12.2. The van der Waals surface area contributed by atoms with Crippen molar-refractivity contribution in [2.24, 2.45) is 0 Å². The van der Waals surface area contributed by atoms with Gasteiger partial charge >= 0.3 is 0 Å². The molecule has 2 fully saturated rings. The Morgan fingerprint density at radius 1 is 0.900 bits per heavy atom. The smallest absolute Gasteiger partial charge is 0.0373 e. The monoisotopic (exact) mass is 266 g/mol. The van der Waals surface area contributed by atoms with E-state index in [4.69, 9.17) is 0 Å². The Balaban J connectivity index is 1.54. The molecule has 2 nitrogen and oxygen atoms in total. The summed E-state index contributed by atoms with van der Waals surface area (Å²) < 4.78 is 0. The SMILES string of the molecule is c1ccc2cc(N3CCCC(NC4CC4)C3)ccc2c1. The largest absolute Gasteiger partial charge is 0.370 e. The number of rotatable bonds is 3. The Labute approximate surface area is 120 Å². The first-order valence-corrected chi connectivity index (χ1v) is 7.88. The van der Waals surface area contributed by atoms with Crippen LogP contribution in [0.3, 0.4) is 0 Å². The van der Waals surface area contributed by atoms with Crippen molar-refractivity contribution >= 4 is 16.5 Å². The summed E-state index contributed by atoms with van der Waals surface area (Å²) in [5, 5.41) is 6.47. The minimum absolute atomic E-state index is 0.683. The summed E-state index contributed by atoms with van der Waals surface area (Å²) in [6.07, 6.45) is 5.40. The van der Waals surface area contributed by atoms with E-state index in [0.29, 0.717) is 6.04 Å². The van der Waals surface area contributed by atoms with Gasteiger partial charge in [0.15, 0.2) is 0 Å². The fraction of sp³-hybridized carbons (Fsp3) is 0.444. The molecular weight excluding hydrogens is 244 g/mol. The molecule has 1 N–H and O–H groups in total. The molecule has 104 valence electrons. The highest BCUT2D eigenvalue weighted by atomic mass is 15.2. The van der Waals surface area contributed by atoms with Crippen LogP contribution in [-0.4, -0.2) is 25.2 Å². The zero-order chi connectivity index (χ0) is 13.4. The van der Waals surface area contributed by atoms with Crippen molar-refractivity contribution < 1.29 is 0 Å². The molecule has 0 aromatic heterocycles. The van der Waals surface area contributed by atoms with Crippen molar-refractivity contribution in [2.45, 2.75) is 37.8 Å². The van der Waals surface area contributed by atoms with E-state index in [1.54, 1.807) is 0 Å². The highest BCUT2D eigenvalue weighted by Gasteiger charge is 2.27. The van der Waals surface area contributed by atoms with Gasteiger partial charge in [0.25, 0.3) is 0 Å². The number of hydrogen-bond donors (Lipinski definition) is 1. The molecule has 1 atom stereocenters. The second-order valence-electron chi connectivity index (χ2n) is 6.26. The standard InChI is InChI=1S/C18H22N2/c1-2-5-15-12-18(10-7-14(15)4-1)20-11-3-6-17(13-20)19-16-8-9-16/h1-2,4-5,7,10,12,16-17,19H,3,6,8-9,11,13H2. The summed E-state index contributed by atoms with van der Waals surface area (Å²) in [5.41, 5.74) is 1.38. The lowest BCUT2D eigenvalue weighted by atomic mass is 10.0. The third-order valence-electron chi connectivity index (χ3n) is 4.57. The predicted molar refractivity (Wildman–Crippen MR) is 85.3 cm³/mol. The summed E-state index contributed by atoms with van der Waals surface area (Å²) >= 11 is 0. The first-order valence-electron chi connectivity index (χ1n) is 7.88. The Morgan fingerprint density at radius 3 is 2.60 bits per heavy atom. The fourth-order valence-corrected chi connectivity index (χ4v) is 3.30. The van der Waals surface area contributed by atoms with E-state index in [1.807, 2.05) is 0 Å². The molecule has 1 saturated heterocycles. The Hall–Kier alpha value is -1.54. The van der Waals surface area contributed by atoms with Crippen molar-refractivity contribution in [3.05, 3.63) is 42.5 Å². The topological polar surface area (TPSA) is 15.3 Å². The van der Waals surface area contributed by atoms with Crippen LogP contribution in [0.4, 0.5) is 5.69 Å². The molecule has 1 saturated carbocycles. The average molecular weight is 266 g/mol. The van der Waals surface area contributed by atoms with Crippen LogP contribution in [0.5, 0.6) is 0 Å². The summed E-state index contributed by atoms with van der Waals surface area (Å²) in [6.45, 7) is 2.36. The predicted octanol–water partition coefficient (Wildman–Crippen LogP) is 3.56. The second kappa shape index (κ2) is 5.10. The van der Waals surface area contributed by atoms with E-state index in [2.05, 4.69) is 52.7 Å². The van der Waals surface area contributed by atoms with Crippen molar-refractivity contribution in [1.29, 1.82) is 0 Å². The Bertz CT molecular complexity index is 603. The number of nitrogens with one attached hydrogen (secondary N) is 1. The van der Waals surface area contributed by atoms with Crippen LogP contribution in [0.2, 0.25) is 0 Å². The Morgan fingerprint density at radius 2 is 1.75 bits per heavy atom. The maximum Gasteiger partial charge on any atom is 0.0373 e. The van der Waals surface area contributed by atoms with Gasteiger partial charge in [-0.3, -0.25) is 0 Å². The van der Waals surface area contributed by atoms with Crippen molar-refractivity contribution in [2.75, 3.05) is 18.0 Å². The summed E-state index contributed by atoms with van der Waals surface area (Å²) in [6, 6.07) is 17.0. The molecule has 1 aliphatic carbocycles. The summed E-state index contributed by atoms with van der Waals surface area (Å²) in [4.78, 5) is 2.55. The van der Waals surface area contributed by atoms with Gasteiger partial charge in [-0.25, -0.2) is 0 Å². The van der Waals surface area contributed by atoms with Crippen LogP contribution in [0.15, 0.2) is 42.5 Å². The van der Waals surface area contributed by atoms with Gasteiger partial charge in [0.1, 0.15) is 0 Å². The van der Waals surface area contributed by atoms with E-state index in [-0.39, 0.29) is 0 Å². The average Bonchev–Trinajstić information content (AvgIpc) is 3.31. The van der Waals surface area contributed by atoms with E-state index in [1.165, 1.54) is 48.7 Å². The zero-order valence-corrected chi connectivity index (χ0v) is 11.9. The molecule has 0 bridgehead atoms. The lowest BCUT2D eigenvalue weighted by molar-refractivity contribution is 0.420. The fourth-order valence-electron chi connectivity index (χ4n) is 3.30. The molecule has 4 rings (SSSR count). The number of anilines is 1. The molecule has 0 spiro atoms. The van der Waals surface area contributed by atoms with Gasteiger partial charge in [0, 0.05) is 30.9 Å². The highest BCUT2D eigenvalue weighted by molar-refractivity contribution is 5.85.